The maximum Gasteiger partial charge on any atom is 0.203 e. The van der Waals surface area contributed by atoms with Gasteiger partial charge in [0.15, 0.2) is 0 Å². The molecular weight excluding hydrogens is 241 g/mol. The molecule has 1 aromatic carbocycles. The van der Waals surface area contributed by atoms with E-state index in [4.69, 9.17) is 11.6 Å². The van der Waals surface area contributed by atoms with Crippen LogP contribution in [0.25, 0.3) is 11.0 Å². The van der Waals surface area contributed by atoms with Gasteiger partial charge in [-0.1, -0.05) is 0 Å². The molecule has 0 aliphatic carbocycles. The van der Waals surface area contributed by atoms with Crippen molar-refractivity contribution < 1.29 is 4.39 Å². The van der Waals surface area contributed by atoms with Gasteiger partial charge in [-0.15, -0.1) is 11.6 Å². The molecule has 0 unspecified atom stereocenters. The highest BCUT2D eigenvalue weighted by Gasteiger charge is 2.19. The zero-order valence-corrected chi connectivity index (χ0v) is 10.0. The molecule has 0 atom stereocenters. The third kappa shape index (κ3) is 2.09. The summed E-state index contributed by atoms with van der Waals surface area (Å²) >= 11 is 6.06. The first-order valence-electron chi connectivity index (χ1n) is 5.77. The Bertz CT molecular complexity index is 532. The fourth-order valence-electron chi connectivity index (χ4n) is 2.18. The van der Waals surface area contributed by atoms with Crippen LogP contribution in [0.4, 0.5) is 10.3 Å². The summed E-state index contributed by atoms with van der Waals surface area (Å²) in [5.74, 6) is 0.571. The van der Waals surface area contributed by atoms with Gasteiger partial charge in [0.05, 0.1) is 11.0 Å². The zero-order valence-electron chi connectivity index (χ0n) is 9.29. The number of alkyl halides is 1. The minimum Gasteiger partial charge on any atom is -0.342 e. The second-order valence-electron chi connectivity index (χ2n) is 4.38. The molecule has 0 bridgehead atoms. The number of H-pyrrole nitrogens is 1. The Labute approximate surface area is 104 Å². The second kappa shape index (κ2) is 4.18. The molecule has 1 aliphatic rings. The van der Waals surface area contributed by atoms with Crippen LogP contribution in [0.2, 0.25) is 0 Å². The number of hydrogen-bond donors (Lipinski definition) is 1. The minimum atomic E-state index is -0.243. The minimum absolute atomic E-state index is 0.243. The monoisotopic (exact) mass is 253 g/mol. The van der Waals surface area contributed by atoms with Gasteiger partial charge >= 0.3 is 0 Å². The van der Waals surface area contributed by atoms with Crippen LogP contribution in [0.5, 0.6) is 0 Å². The molecule has 1 aliphatic heterocycles. The van der Waals surface area contributed by atoms with E-state index in [1.165, 1.54) is 12.1 Å². The molecule has 0 amide bonds. The van der Waals surface area contributed by atoms with Crippen LogP contribution in [0.15, 0.2) is 18.2 Å². The SMILES string of the molecule is Fc1ccc2nc(N3CCC(Cl)CC3)[nH]c2c1. The lowest BCUT2D eigenvalue weighted by Gasteiger charge is -2.28. The summed E-state index contributed by atoms with van der Waals surface area (Å²) in [6.07, 6.45) is 1.93. The number of benzene rings is 1. The van der Waals surface area contributed by atoms with Gasteiger partial charge in [0, 0.05) is 18.5 Å². The summed E-state index contributed by atoms with van der Waals surface area (Å²) in [6.45, 7) is 1.80. The lowest BCUT2D eigenvalue weighted by Crippen LogP contribution is -2.34. The first-order chi connectivity index (χ1) is 8.22. The fraction of sp³-hybridized carbons (Fsp3) is 0.417. The van der Waals surface area contributed by atoms with Gasteiger partial charge in [-0.3, -0.25) is 0 Å². The third-order valence-corrected chi connectivity index (χ3v) is 3.59. The average Bonchev–Trinajstić information content (AvgIpc) is 2.72. The average molecular weight is 254 g/mol. The summed E-state index contributed by atoms with van der Waals surface area (Å²) in [5.41, 5.74) is 1.54. The molecule has 2 aromatic rings. The van der Waals surface area contributed by atoms with E-state index in [-0.39, 0.29) is 11.2 Å². The molecule has 1 fully saturated rings. The number of fused-ring (bicyclic) bond motifs is 1. The number of nitrogens with zero attached hydrogens (tertiary/aromatic N) is 2. The van der Waals surface area contributed by atoms with E-state index in [1.807, 2.05) is 0 Å². The number of rotatable bonds is 1. The Hall–Kier alpha value is -1.29. The van der Waals surface area contributed by atoms with Crippen LogP contribution < -0.4 is 4.90 Å². The number of aromatic nitrogens is 2. The van der Waals surface area contributed by atoms with Crippen molar-refractivity contribution in [3.05, 3.63) is 24.0 Å². The lowest BCUT2D eigenvalue weighted by molar-refractivity contribution is 0.577. The Morgan fingerprint density at radius 1 is 1.35 bits per heavy atom. The highest BCUT2D eigenvalue weighted by Crippen LogP contribution is 2.23. The fourth-order valence-corrected chi connectivity index (χ4v) is 2.37. The largest absolute Gasteiger partial charge is 0.342 e. The van der Waals surface area contributed by atoms with Crippen LogP contribution in [-0.4, -0.2) is 28.4 Å². The van der Waals surface area contributed by atoms with E-state index in [9.17, 15) is 4.39 Å². The van der Waals surface area contributed by atoms with Crippen molar-refractivity contribution in [3.63, 3.8) is 0 Å². The molecule has 1 N–H and O–H groups in total. The number of imidazole rings is 1. The maximum atomic E-state index is 13.1. The Morgan fingerprint density at radius 2 is 2.12 bits per heavy atom. The number of piperidine rings is 1. The van der Waals surface area contributed by atoms with Gasteiger partial charge in [-0.05, 0) is 31.0 Å². The normalized spacial score (nSPS) is 17.9. The van der Waals surface area contributed by atoms with Crippen LogP contribution in [0.1, 0.15) is 12.8 Å². The number of aromatic amines is 1. The van der Waals surface area contributed by atoms with Crippen molar-refractivity contribution in [2.24, 2.45) is 0 Å². The predicted octanol–water partition coefficient (Wildman–Crippen LogP) is 2.91. The maximum absolute atomic E-state index is 13.1. The highest BCUT2D eigenvalue weighted by atomic mass is 35.5. The molecule has 0 saturated carbocycles. The molecule has 3 nitrogen and oxygen atoms in total. The smallest absolute Gasteiger partial charge is 0.203 e. The topological polar surface area (TPSA) is 31.9 Å². The van der Waals surface area contributed by atoms with E-state index in [0.29, 0.717) is 0 Å². The van der Waals surface area contributed by atoms with Crippen LogP contribution >= 0.6 is 11.6 Å². The van der Waals surface area contributed by atoms with Gasteiger partial charge in [-0.2, -0.15) is 0 Å². The summed E-state index contributed by atoms with van der Waals surface area (Å²) in [5, 5.41) is 0.271. The Morgan fingerprint density at radius 3 is 2.88 bits per heavy atom. The predicted molar refractivity (Wildman–Crippen MR) is 67.1 cm³/mol. The summed E-state index contributed by atoms with van der Waals surface area (Å²) in [7, 11) is 0. The quantitative estimate of drug-likeness (QED) is 0.793. The van der Waals surface area contributed by atoms with Crippen LogP contribution in [0, 0.1) is 5.82 Å². The molecule has 5 heteroatoms. The standard InChI is InChI=1S/C12H13ClFN3/c13-8-3-5-17(6-4-8)12-15-10-2-1-9(14)7-11(10)16-12/h1-2,7-8H,3-6H2,(H,15,16). The summed E-state index contributed by atoms with van der Waals surface area (Å²) in [6, 6.07) is 4.59. The molecule has 0 radical (unpaired) electrons. The number of hydrogen-bond acceptors (Lipinski definition) is 2. The number of anilines is 1. The molecular formula is C12H13ClFN3. The van der Waals surface area contributed by atoms with Crippen LogP contribution in [0.3, 0.4) is 0 Å². The van der Waals surface area contributed by atoms with Gasteiger partial charge in [0.1, 0.15) is 5.82 Å². The number of halogens is 2. The molecule has 17 heavy (non-hydrogen) atoms. The molecule has 1 aromatic heterocycles. The van der Waals surface area contributed by atoms with Crippen molar-refractivity contribution in [3.8, 4) is 0 Å². The van der Waals surface area contributed by atoms with Crippen molar-refractivity contribution in [2.45, 2.75) is 18.2 Å². The van der Waals surface area contributed by atoms with Crippen LogP contribution in [-0.2, 0) is 0 Å². The summed E-state index contributed by atoms with van der Waals surface area (Å²) < 4.78 is 13.1. The third-order valence-electron chi connectivity index (χ3n) is 3.16. The van der Waals surface area contributed by atoms with E-state index >= 15 is 0 Å². The van der Waals surface area contributed by atoms with Gasteiger partial charge in [0.25, 0.3) is 0 Å². The van der Waals surface area contributed by atoms with Gasteiger partial charge < -0.3 is 9.88 Å². The molecule has 0 spiro atoms. The zero-order chi connectivity index (χ0) is 11.8. The first-order valence-corrected chi connectivity index (χ1v) is 6.20. The molecule has 1 saturated heterocycles. The second-order valence-corrected chi connectivity index (χ2v) is 5.00. The Balaban J connectivity index is 1.90. The Kier molecular flexibility index (Phi) is 2.67. The molecule has 90 valence electrons. The van der Waals surface area contributed by atoms with Crippen molar-refractivity contribution in [1.82, 2.24) is 9.97 Å². The lowest BCUT2D eigenvalue weighted by atomic mass is 10.1. The van der Waals surface area contributed by atoms with E-state index in [1.54, 1.807) is 6.07 Å². The van der Waals surface area contributed by atoms with Crippen molar-refractivity contribution in [2.75, 3.05) is 18.0 Å². The van der Waals surface area contributed by atoms with Gasteiger partial charge in [0.2, 0.25) is 5.95 Å². The molecule has 3 rings (SSSR count). The van der Waals surface area contributed by atoms with Crippen molar-refractivity contribution in [1.29, 1.82) is 0 Å². The first kappa shape index (κ1) is 10.8. The van der Waals surface area contributed by atoms with E-state index < -0.39 is 0 Å². The van der Waals surface area contributed by atoms with Gasteiger partial charge in [-0.25, -0.2) is 9.37 Å². The number of nitrogens with one attached hydrogen (secondary N) is 1. The summed E-state index contributed by atoms with van der Waals surface area (Å²) in [4.78, 5) is 9.78. The van der Waals surface area contributed by atoms with Crippen molar-refractivity contribution >= 4 is 28.6 Å². The highest BCUT2D eigenvalue weighted by molar-refractivity contribution is 6.20. The van der Waals surface area contributed by atoms with E-state index in [0.717, 1.165) is 42.9 Å². The van der Waals surface area contributed by atoms with E-state index in [2.05, 4.69) is 14.9 Å². The molecule has 2 heterocycles.